The molecule has 2 N–H and O–H groups in total. The highest BCUT2D eigenvalue weighted by molar-refractivity contribution is 6.07. The van der Waals surface area contributed by atoms with Crippen molar-refractivity contribution in [2.45, 2.75) is 19.4 Å². The lowest BCUT2D eigenvalue weighted by Gasteiger charge is -2.39. The molecular formula is C28H29F4N5O3. The molecule has 1 atom stereocenters. The average molecular weight is 560 g/mol. The fraction of sp³-hybridized carbons (Fsp3) is 0.321. The molecule has 2 heterocycles. The zero-order valence-electron chi connectivity index (χ0n) is 22.4. The number of carbonyl (C=O) groups is 2. The number of nitrogens with zero attached hydrogens (tertiary/aromatic N) is 3. The summed E-state index contributed by atoms with van der Waals surface area (Å²) in [4.78, 5) is 41.1. The van der Waals surface area contributed by atoms with Gasteiger partial charge in [0.25, 0.3) is 23.8 Å². The van der Waals surface area contributed by atoms with Gasteiger partial charge in [-0.05, 0) is 43.8 Å². The SMILES string of the molecule is CNC(=O)c1ccc(-c2cc(NC(=O)c3cn(C)c(=O)cc3C(F)F)c(N3CCN(C)[C@H](C)C3)cc2F)cc1F. The lowest BCUT2D eigenvalue weighted by Crippen LogP contribution is -2.50. The van der Waals surface area contributed by atoms with Crippen LogP contribution >= 0.6 is 0 Å². The first-order chi connectivity index (χ1) is 18.9. The van der Waals surface area contributed by atoms with Crippen LogP contribution in [0.5, 0.6) is 0 Å². The molecule has 0 bridgehead atoms. The van der Waals surface area contributed by atoms with Gasteiger partial charge < -0.3 is 25.0 Å². The first-order valence-corrected chi connectivity index (χ1v) is 12.5. The van der Waals surface area contributed by atoms with Crippen LogP contribution in [0.25, 0.3) is 11.1 Å². The van der Waals surface area contributed by atoms with Gasteiger partial charge in [0.15, 0.2) is 0 Å². The van der Waals surface area contributed by atoms with Gasteiger partial charge in [-0.2, -0.15) is 0 Å². The van der Waals surface area contributed by atoms with Crippen LogP contribution in [0.2, 0.25) is 0 Å². The van der Waals surface area contributed by atoms with Crippen molar-refractivity contribution in [3.8, 4) is 11.1 Å². The van der Waals surface area contributed by atoms with Crippen molar-refractivity contribution in [2.24, 2.45) is 7.05 Å². The number of nitrogens with one attached hydrogen (secondary N) is 2. The number of anilines is 2. The standard InChI is InChI=1S/C28H29F4N5O3/c1-15-13-37(8-7-35(15)3)24-12-22(30)18(16-5-6-17(21(29)9-16)27(39)33-2)10-23(24)34-28(40)20-14-36(4)25(38)11-19(20)26(31)32/h5-6,9-12,14-15,26H,7-8,13H2,1-4H3,(H,33,39)(H,34,40)/t15-/m1/s1. The Hall–Kier alpha value is -4.19. The summed E-state index contributed by atoms with van der Waals surface area (Å²) < 4.78 is 58.7. The van der Waals surface area contributed by atoms with Crippen molar-refractivity contribution < 1.29 is 27.2 Å². The van der Waals surface area contributed by atoms with Crippen LogP contribution in [0, 0.1) is 11.6 Å². The van der Waals surface area contributed by atoms with E-state index in [-0.39, 0.29) is 28.4 Å². The smallest absolute Gasteiger partial charge is 0.264 e. The number of benzene rings is 2. The number of likely N-dealkylation sites (N-methyl/N-ethyl adjacent to an activating group) is 1. The Balaban J connectivity index is 1.82. The third kappa shape index (κ3) is 5.71. The summed E-state index contributed by atoms with van der Waals surface area (Å²) in [5, 5.41) is 4.94. The molecule has 1 fully saturated rings. The predicted molar refractivity (Wildman–Crippen MR) is 144 cm³/mol. The Morgan fingerprint density at radius 2 is 1.70 bits per heavy atom. The van der Waals surface area contributed by atoms with Gasteiger partial charge in [0.1, 0.15) is 11.6 Å². The first kappa shape index (κ1) is 28.8. The van der Waals surface area contributed by atoms with Crippen molar-refractivity contribution in [1.82, 2.24) is 14.8 Å². The lowest BCUT2D eigenvalue weighted by molar-refractivity contribution is 0.0958. The first-order valence-electron chi connectivity index (χ1n) is 12.5. The van der Waals surface area contributed by atoms with Crippen LogP contribution in [0.4, 0.5) is 28.9 Å². The van der Waals surface area contributed by atoms with Crippen LogP contribution < -0.4 is 21.1 Å². The normalized spacial score (nSPS) is 15.8. The molecule has 1 aliphatic rings. The number of piperazine rings is 1. The quantitative estimate of drug-likeness (QED) is 0.446. The Morgan fingerprint density at radius 1 is 0.975 bits per heavy atom. The van der Waals surface area contributed by atoms with E-state index in [1.54, 1.807) is 0 Å². The molecule has 212 valence electrons. The molecule has 0 aliphatic carbocycles. The summed E-state index contributed by atoms with van der Waals surface area (Å²) in [6.45, 7) is 3.64. The number of amides is 2. The molecule has 1 saturated heterocycles. The molecule has 2 aromatic carbocycles. The van der Waals surface area contributed by atoms with Crippen LogP contribution in [-0.4, -0.2) is 61.1 Å². The van der Waals surface area contributed by atoms with E-state index in [1.165, 1.54) is 38.4 Å². The molecule has 2 amide bonds. The average Bonchev–Trinajstić information content (AvgIpc) is 2.91. The number of hydrogen-bond acceptors (Lipinski definition) is 5. The van der Waals surface area contributed by atoms with Gasteiger partial charge in [-0.1, -0.05) is 6.07 Å². The topological polar surface area (TPSA) is 86.7 Å². The maximum atomic E-state index is 15.5. The van der Waals surface area contributed by atoms with Crippen molar-refractivity contribution in [1.29, 1.82) is 0 Å². The van der Waals surface area contributed by atoms with E-state index in [1.807, 2.05) is 18.9 Å². The zero-order valence-corrected chi connectivity index (χ0v) is 22.4. The third-order valence-corrected chi connectivity index (χ3v) is 7.13. The second-order valence-corrected chi connectivity index (χ2v) is 9.75. The van der Waals surface area contributed by atoms with Gasteiger partial charge in [0.2, 0.25) is 0 Å². The summed E-state index contributed by atoms with van der Waals surface area (Å²) in [5.74, 6) is -3.15. The summed E-state index contributed by atoms with van der Waals surface area (Å²) >= 11 is 0. The van der Waals surface area contributed by atoms with Crippen molar-refractivity contribution in [3.05, 3.63) is 81.3 Å². The molecule has 40 heavy (non-hydrogen) atoms. The molecule has 0 saturated carbocycles. The molecule has 0 unspecified atom stereocenters. The molecule has 0 radical (unpaired) electrons. The van der Waals surface area contributed by atoms with Gasteiger partial charge in [-0.15, -0.1) is 0 Å². The highest BCUT2D eigenvalue weighted by atomic mass is 19.3. The number of carbonyl (C=O) groups excluding carboxylic acids is 2. The highest BCUT2D eigenvalue weighted by Gasteiger charge is 2.27. The number of aryl methyl sites for hydroxylation is 1. The van der Waals surface area contributed by atoms with Crippen molar-refractivity contribution in [3.63, 3.8) is 0 Å². The molecule has 1 aromatic heterocycles. The Labute approximate surface area is 228 Å². The fourth-order valence-corrected chi connectivity index (χ4v) is 4.62. The summed E-state index contributed by atoms with van der Waals surface area (Å²) in [5.41, 5.74) is -1.61. The van der Waals surface area contributed by atoms with Crippen molar-refractivity contribution in [2.75, 3.05) is 43.9 Å². The zero-order chi connectivity index (χ0) is 29.3. The summed E-state index contributed by atoms with van der Waals surface area (Å²) in [6.07, 6.45) is -2.06. The second kappa shape index (κ2) is 11.5. The number of alkyl halides is 2. The third-order valence-electron chi connectivity index (χ3n) is 7.13. The lowest BCUT2D eigenvalue weighted by atomic mass is 10.00. The van der Waals surface area contributed by atoms with Gasteiger partial charge in [0, 0.05) is 63.2 Å². The molecule has 4 rings (SSSR count). The second-order valence-electron chi connectivity index (χ2n) is 9.75. The predicted octanol–water partition coefficient (Wildman–Crippen LogP) is 4.02. The van der Waals surface area contributed by atoms with Crippen LogP contribution in [0.1, 0.15) is 39.6 Å². The van der Waals surface area contributed by atoms with Gasteiger partial charge in [0.05, 0.1) is 22.5 Å². The van der Waals surface area contributed by atoms with E-state index in [0.717, 1.165) is 16.8 Å². The van der Waals surface area contributed by atoms with Crippen LogP contribution in [0.3, 0.4) is 0 Å². The van der Waals surface area contributed by atoms with Crippen LogP contribution in [-0.2, 0) is 7.05 Å². The molecule has 8 nitrogen and oxygen atoms in total. The summed E-state index contributed by atoms with van der Waals surface area (Å²) in [6, 6.07) is 6.92. The van der Waals surface area contributed by atoms with E-state index >= 15 is 4.39 Å². The molecule has 12 heteroatoms. The largest absolute Gasteiger partial charge is 0.367 e. The molecule has 1 aliphatic heterocycles. The fourth-order valence-electron chi connectivity index (χ4n) is 4.62. The van der Waals surface area contributed by atoms with E-state index in [4.69, 9.17) is 0 Å². The number of aromatic nitrogens is 1. The van der Waals surface area contributed by atoms with E-state index < -0.39 is 46.6 Å². The molecular weight excluding hydrogens is 530 g/mol. The minimum atomic E-state index is -3.09. The number of rotatable bonds is 6. The monoisotopic (exact) mass is 559 g/mol. The van der Waals surface area contributed by atoms with Crippen LogP contribution in [0.15, 0.2) is 47.4 Å². The van der Waals surface area contributed by atoms with Crippen molar-refractivity contribution >= 4 is 23.2 Å². The Bertz CT molecular complexity index is 1520. The minimum Gasteiger partial charge on any atom is -0.367 e. The Kier molecular flexibility index (Phi) is 8.29. The number of pyridine rings is 1. The maximum absolute atomic E-state index is 15.5. The van der Waals surface area contributed by atoms with Gasteiger partial charge >= 0.3 is 0 Å². The van der Waals surface area contributed by atoms with E-state index in [2.05, 4.69) is 15.5 Å². The van der Waals surface area contributed by atoms with E-state index in [9.17, 15) is 27.6 Å². The maximum Gasteiger partial charge on any atom is 0.264 e. The molecule has 0 spiro atoms. The highest BCUT2D eigenvalue weighted by Crippen LogP contribution is 2.36. The number of halogens is 4. The number of hydrogen-bond donors (Lipinski definition) is 2. The summed E-state index contributed by atoms with van der Waals surface area (Å²) in [7, 11) is 4.64. The minimum absolute atomic E-state index is 0.0712. The van der Waals surface area contributed by atoms with Gasteiger partial charge in [-0.25, -0.2) is 17.6 Å². The molecule has 3 aromatic rings. The Morgan fingerprint density at radius 3 is 2.33 bits per heavy atom. The van der Waals surface area contributed by atoms with E-state index in [0.29, 0.717) is 31.4 Å². The van der Waals surface area contributed by atoms with Gasteiger partial charge in [-0.3, -0.25) is 14.4 Å².